The van der Waals surface area contributed by atoms with E-state index in [1.807, 2.05) is 71.3 Å². The molecule has 0 fully saturated rings. The molecule has 1 amide bonds. The van der Waals surface area contributed by atoms with Crippen LogP contribution in [0.1, 0.15) is 51.0 Å². The molecule has 1 aromatic carbocycles. The van der Waals surface area contributed by atoms with Gasteiger partial charge in [-0.05, 0) is 33.3 Å². The van der Waals surface area contributed by atoms with Crippen LogP contribution in [-0.2, 0) is 16.6 Å². The summed E-state index contributed by atoms with van der Waals surface area (Å²) in [6, 6.07) is 9.42. The summed E-state index contributed by atoms with van der Waals surface area (Å²) in [5, 5.41) is 7.15. The van der Waals surface area contributed by atoms with Crippen molar-refractivity contribution in [3.05, 3.63) is 53.9 Å². The van der Waals surface area contributed by atoms with Crippen molar-refractivity contribution < 1.29 is 9.53 Å². The molecule has 23 heavy (non-hydrogen) atoms. The molecular formula is C18H25N3O2. The fourth-order valence-corrected chi connectivity index (χ4v) is 2.29. The molecule has 5 heteroatoms. The van der Waals surface area contributed by atoms with Crippen LogP contribution >= 0.6 is 0 Å². The minimum atomic E-state index is -0.643. The molecule has 2 atom stereocenters. The summed E-state index contributed by atoms with van der Waals surface area (Å²) < 4.78 is 7.72. The van der Waals surface area contributed by atoms with E-state index in [0.717, 1.165) is 11.1 Å². The van der Waals surface area contributed by atoms with Crippen LogP contribution < -0.4 is 5.32 Å². The van der Waals surface area contributed by atoms with E-state index in [2.05, 4.69) is 10.4 Å². The number of nitrogens with one attached hydrogen (secondary N) is 1. The van der Waals surface area contributed by atoms with Crippen LogP contribution in [0.2, 0.25) is 0 Å². The summed E-state index contributed by atoms with van der Waals surface area (Å²) in [6.07, 6.45) is 3.01. The molecule has 0 saturated heterocycles. The van der Waals surface area contributed by atoms with E-state index in [9.17, 15) is 4.79 Å². The van der Waals surface area contributed by atoms with Crippen molar-refractivity contribution in [3.63, 3.8) is 0 Å². The van der Waals surface area contributed by atoms with Gasteiger partial charge in [-0.3, -0.25) is 9.48 Å². The van der Waals surface area contributed by atoms with E-state index in [0.29, 0.717) is 0 Å². The predicted molar refractivity (Wildman–Crippen MR) is 89.8 cm³/mol. The van der Waals surface area contributed by atoms with E-state index in [1.54, 1.807) is 10.9 Å². The largest absolute Gasteiger partial charge is 0.358 e. The van der Waals surface area contributed by atoms with Crippen molar-refractivity contribution >= 4 is 5.91 Å². The average Bonchev–Trinajstić information content (AvgIpc) is 2.91. The smallest absolute Gasteiger partial charge is 0.254 e. The number of carbonyl (C=O) groups excluding carboxylic acids is 1. The second kappa shape index (κ2) is 6.96. The zero-order chi connectivity index (χ0) is 17.0. The zero-order valence-electron chi connectivity index (χ0n) is 14.4. The fourth-order valence-electron chi connectivity index (χ4n) is 2.29. The Balaban J connectivity index is 2.16. The first-order chi connectivity index (χ1) is 10.8. The fraction of sp³-hybridized carbons (Fsp3) is 0.444. The van der Waals surface area contributed by atoms with Crippen molar-refractivity contribution in [2.75, 3.05) is 0 Å². The van der Waals surface area contributed by atoms with Gasteiger partial charge in [-0.25, -0.2) is 0 Å². The number of carbonyl (C=O) groups is 1. The predicted octanol–water partition coefficient (Wildman–Crippen LogP) is 3.15. The van der Waals surface area contributed by atoms with Gasteiger partial charge >= 0.3 is 0 Å². The Bertz CT molecular complexity index is 644. The van der Waals surface area contributed by atoms with Crippen molar-refractivity contribution in [2.45, 2.75) is 45.4 Å². The van der Waals surface area contributed by atoms with Gasteiger partial charge in [0.2, 0.25) is 0 Å². The molecule has 1 aromatic heterocycles. The molecule has 1 N–H and O–H groups in total. The van der Waals surface area contributed by atoms with Crippen LogP contribution in [0.3, 0.4) is 0 Å². The Morgan fingerprint density at radius 1 is 1.22 bits per heavy atom. The van der Waals surface area contributed by atoms with E-state index in [4.69, 9.17) is 4.74 Å². The number of hydrogen-bond donors (Lipinski definition) is 1. The molecule has 124 valence electrons. The van der Waals surface area contributed by atoms with E-state index in [-0.39, 0.29) is 11.9 Å². The molecule has 1 heterocycles. The maximum Gasteiger partial charge on any atom is 0.254 e. The normalized spacial score (nSPS) is 14.3. The average molecular weight is 315 g/mol. The molecular weight excluding hydrogens is 290 g/mol. The highest BCUT2D eigenvalue weighted by Gasteiger charge is 2.28. The van der Waals surface area contributed by atoms with Crippen molar-refractivity contribution in [2.24, 2.45) is 7.05 Å². The van der Waals surface area contributed by atoms with Crippen LogP contribution in [0.25, 0.3) is 0 Å². The molecule has 2 rings (SSSR count). The molecule has 2 aromatic rings. The van der Waals surface area contributed by atoms with Gasteiger partial charge in [0.1, 0.15) is 0 Å². The first-order valence-electron chi connectivity index (χ1n) is 7.78. The van der Waals surface area contributed by atoms with Gasteiger partial charge in [0.25, 0.3) is 5.91 Å². The Morgan fingerprint density at radius 2 is 1.87 bits per heavy atom. The summed E-state index contributed by atoms with van der Waals surface area (Å²) in [5.74, 6) is -0.150. The zero-order valence-corrected chi connectivity index (χ0v) is 14.4. The van der Waals surface area contributed by atoms with Crippen molar-refractivity contribution in [1.82, 2.24) is 15.1 Å². The highest BCUT2D eigenvalue weighted by molar-refractivity contribution is 5.82. The quantitative estimate of drug-likeness (QED) is 0.922. The Hall–Kier alpha value is -2.14. The maximum atomic E-state index is 12.7. The van der Waals surface area contributed by atoms with E-state index >= 15 is 0 Å². The van der Waals surface area contributed by atoms with Crippen LogP contribution in [0.15, 0.2) is 42.7 Å². The monoisotopic (exact) mass is 315 g/mol. The molecule has 0 bridgehead atoms. The summed E-state index contributed by atoms with van der Waals surface area (Å²) in [5.41, 5.74) is 1.39. The number of nitrogens with zero attached hydrogens (tertiary/aromatic N) is 2. The molecule has 0 aliphatic carbocycles. The molecule has 0 saturated carbocycles. The third-order valence-corrected chi connectivity index (χ3v) is 3.40. The van der Waals surface area contributed by atoms with Gasteiger partial charge in [0.05, 0.1) is 17.8 Å². The van der Waals surface area contributed by atoms with Gasteiger partial charge in [-0.2, -0.15) is 5.10 Å². The van der Waals surface area contributed by atoms with Gasteiger partial charge in [-0.1, -0.05) is 30.3 Å². The summed E-state index contributed by atoms with van der Waals surface area (Å²) in [6.45, 7) is 7.77. The lowest BCUT2D eigenvalue weighted by Gasteiger charge is -2.28. The number of amides is 1. The number of hydrogen-bond acceptors (Lipinski definition) is 3. The number of rotatable bonds is 5. The number of benzene rings is 1. The Morgan fingerprint density at radius 3 is 2.39 bits per heavy atom. The molecule has 0 aliphatic heterocycles. The highest BCUT2D eigenvalue weighted by atomic mass is 16.5. The lowest BCUT2D eigenvalue weighted by Crippen LogP contribution is -2.36. The molecule has 0 radical (unpaired) electrons. The number of ether oxygens (including phenoxy) is 1. The van der Waals surface area contributed by atoms with Crippen molar-refractivity contribution in [3.8, 4) is 0 Å². The van der Waals surface area contributed by atoms with Crippen LogP contribution in [0, 0.1) is 0 Å². The van der Waals surface area contributed by atoms with Gasteiger partial charge in [0, 0.05) is 18.8 Å². The van der Waals surface area contributed by atoms with Gasteiger partial charge in [0.15, 0.2) is 6.10 Å². The standard InChI is InChI=1S/C18H25N3O2/c1-13(15-11-19-21(5)12-15)20-17(22)16(23-18(2,3)4)14-9-7-6-8-10-14/h6-13,16H,1-5H3,(H,20,22)/t13-,16+/m0/s1. The minimum Gasteiger partial charge on any atom is -0.358 e. The van der Waals surface area contributed by atoms with Crippen LogP contribution in [0.4, 0.5) is 0 Å². The maximum absolute atomic E-state index is 12.7. The van der Waals surface area contributed by atoms with E-state index in [1.165, 1.54) is 0 Å². The third kappa shape index (κ3) is 4.93. The van der Waals surface area contributed by atoms with Gasteiger partial charge in [-0.15, -0.1) is 0 Å². The topological polar surface area (TPSA) is 56.1 Å². The molecule has 0 spiro atoms. The summed E-state index contributed by atoms with van der Waals surface area (Å²) >= 11 is 0. The second-order valence-corrected chi connectivity index (χ2v) is 6.70. The van der Waals surface area contributed by atoms with Crippen LogP contribution in [-0.4, -0.2) is 21.3 Å². The SMILES string of the molecule is C[C@H](NC(=O)[C@H](OC(C)(C)C)c1ccccc1)c1cnn(C)c1. The Kier molecular flexibility index (Phi) is 5.21. The molecule has 0 aliphatic rings. The van der Waals surface area contributed by atoms with E-state index < -0.39 is 11.7 Å². The van der Waals surface area contributed by atoms with Crippen LogP contribution in [0.5, 0.6) is 0 Å². The Labute approximate surface area is 137 Å². The summed E-state index contributed by atoms with van der Waals surface area (Å²) in [4.78, 5) is 12.7. The summed E-state index contributed by atoms with van der Waals surface area (Å²) in [7, 11) is 1.85. The second-order valence-electron chi connectivity index (χ2n) is 6.70. The lowest BCUT2D eigenvalue weighted by molar-refractivity contribution is -0.144. The first kappa shape index (κ1) is 17.2. The highest BCUT2D eigenvalue weighted by Crippen LogP contribution is 2.25. The number of aryl methyl sites for hydroxylation is 1. The molecule has 5 nitrogen and oxygen atoms in total. The van der Waals surface area contributed by atoms with Crippen molar-refractivity contribution in [1.29, 1.82) is 0 Å². The minimum absolute atomic E-state index is 0.133. The number of aromatic nitrogens is 2. The lowest BCUT2D eigenvalue weighted by atomic mass is 10.1. The third-order valence-electron chi connectivity index (χ3n) is 3.40. The molecule has 0 unspecified atom stereocenters. The first-order valence-corrected chi connectivity index (χ1v) is 7.78. The van der Waals surface area contributed by atoms with Gasteiger partial charge < -0.3 is 10.1 Å².